The van der Waals surface area contributed by atoms with E-state index in [1.165, 1.54) is 0 Å². The Balaban J connectivity index is 2.64. The van der Waals surface area contributed by atoms with E-state index in [1.54, 1.807) is 19.2 Å². The van der Waals surface area contributed by atoms with Crippen LogP contribution in [0.5, 0.6) is 0 Å². The van der Waals surface area contributed by atoms with Gasteiger partial charge in [0.25, 0.3) is 0 Å². The minimum Gasteiger partial charge on any atom is -0.383 e. The maximum Gasteiger partial charge on any atom is 0.126 e. The lowest BCUT2D eigenvalue weighted by Gasteiger charge is -2.26. The molecule has 0 saturated heterocycles. The van der Waals surface area contributed by atoms with Crippen LogP contribution >= 0.6 is 0 Å². The van der Waals surface area contributed by atoms with Crippen LogP contribution in [-0.2, 0) is 11.2 Å². The van der Waals surface area contributed by atoms with E-state index < -0.39 is 0 Å². The monoisotopic (exact) mass is 281 g/mol. The quantitative estimate of drug-likeness (QED) is 0.661. The number of nitrogens with one attached hydrogen (secondary N) is 1. The van der Waals surface area contributed by atoms with Gasteiger partial charge in [-0.25, -0.2) is 4.39 Å². The normalized spacial score (nSPS) is 12.8. The summed E-state index contributed by atoms with van der Waals surface area (Å²) in [6, 6.07) is 7.13. The molecule has 1 rings (SSSR count). The van der Waals surface area contributed by atoms with E-state index in [2.05, 4.69) is 19.2 Å². The summed E-state index contributed by atoms with van der Waals surface area (Å²) < 4.78 is 18.9. The first-order valence-electron chi connectivity index (χ1n) is 7.65. The van der Waals surface area contributed by atoms with Gasteiger partial charge in [-0.3, -0.25) is 0 Å². The van der Waals surface area contributed by atoms with E-state index in [0.29, 0.717) is 11.8 Å². The lowest BCUT2D eigenvalue weighted by Crippen LogP contribution is -2.31. The maximum absolute atomic E-state index is 13.8. The molecule has 20 heavy (non-hydrogen) atoms. The van der Waals surface area contributed by atoms with Crippen LogP contribution in [-0.4, -0.2) is 26.8 Å². The van der Waals surface area contributed by atoms with Crippen LogP contribution in [0.1, 0.15) is 32.3 Å². The van der Waals surface area contributed by atoms with Crippen molar-refractivity contribution in [1.29, 1.82) is 0 Å². The molecule has 0 spiro atoms. The molecule has 1 unspecified atom stereocenters. The molecule has 0 amide bonds. The van der Waals surface area contributed by atoms with Crippen molar-refractivity contribution in [3.05, 3.63) is 35.6 Å². The van der Waals surface area contributed by atoms with Crippen molar-refractivity contribution in [3.63, 3.8) is 0 Å². The van der Waals surface area contributed by atoms with Crippen molar-refractivity contribution in [2.24, 2.45) is 11.8 Å². The Morgan fingerprint density at radius 2 is 1.85 bits per heavy atom. The van der Waals surface area contributed by atoms with Crippen molar-refractivity contribution in [2.45, 2.75) is 33.1 Å². The summed E-state index contributed by atoms with van der Waals surface area (Å²) in [5, 5.41) is 3.43. The van der Waals surface area contributed by atoms with Gasteiger partial charge in [0.05, 0.1) is 6.61 Å². The molecular formula is C17H28FNO. The SMILES string of the molecule is CCC(CC)C(CNCCOC)Cc1ccccc1F. The predicted molar refractivity (Wildman–Crippen MR) is 82.4 cm³/mol. The molecule has 0 heterocycles. The molecule has 0 fully saturated rings. The third kappa shape index (κ3) is 5.59. The van der Waals surface area contributed by atoms with Gasteiger partial charge in [-0.15, -0.1) is 0 Å². The van der Waals surface area contributed by atoms with E-state index in [-0.39, 0.29) is 5.82 Å². The van der Waals surface area contributed by atoms with Crippen LogP contribution in [0, 0.1) is 17.7 Å². The van der Waals surface area contributed by atoms with Crippen LogP contribution in [0.3, 0.4) is 0 Å². The first kappa shape index (κ1) is 17.1. The van der Waals surface area contributed by atoms with Gasteiger partial charge in [-0.05, 0) is 36.4 Å². The molecule has 0 aromatic heterocycles. The van der Waals surface area contributed by atoms with Gasteiger partial charge in [0.15, 0.2) is 0 Å². The first-order valence-corrected chi connectivity index (χ1v) is 7.65. The second-order valence-corrected chi connectivity index (χ2v) is 5.33. The fourth-order valence-electron chi connectivity index (χ4n) is 2.77. The van der Waals surface area contributed by atoms with Gasteiger partial charge in [-0.1, -0.05) is 44.9 Å². The fraction of sp³-hybridized carbons (Fsp3) is 0.647. The molecule has 0 aliphatic heterocycles. The molecule has 1 aromatic rings. The lowest BCUT2D eigenvalue weighted by molar-refractivity contribution is 0.194. The number of methoxy groups -OCH3 is 1. The van der Waals surface area contributed by atoms with Gasteiger partial charge >= 0.3 is 0 Å². The summed E-state index contributed by atoms with van der Waals surface area (Å²) in [4.78, 5) is 0. The molecule has 114 valence electrons. The topological polar surface area (TPSA) is 21.3 Å². The molecule has 1 N–H and O–H groups in total. The van der Waals surface area contributed by atoms with Crippen molar-refractivity contribution in [1.82, 2.24) is 5.32 Å². The Labute approximate surface area is 122 Å². The Bertz CT molecular complexity index is 366. The zero-order valence-corrected chi connectivity index (χ0v) is 13.0. The highest BCUT2D eigenvalue weighted by Gasteiger charge is 2.19. The summed E-state index contributed by atoms with van der Waals surface area (Å²) in [5.41, 5.74) is 0.831. The molecule has 0 aliphatic carbocycles. The Morgan fingerprint density at radius 1 is 1.15 bits per heavy atom. The summed E-state index contributed by atoms with van der Waals surface area (Å²) in [5.74, 6) is 1.02. The smallest absolute Gasteiger partial charge is 0.126 e. The van der Waals surface area contributed by atoms with Crippen molar-refractivity contribution in [3.8, 4) is 0 Å². The molecule has 2 nitrogen and oxygen atoms in total. The van der Waals surface area contributed by atoms with Gasteiger partial charge in [0.2, 0.25) is 0 Å². The van der Waals surface area contributed by atoms with Crippen LogP contribution in [0.2, 0.25) is 0 Å². The highest BCUT2D eigenvalue weighted by atomic mass is 19.1. The number of rotatable bonds is 10. The predicted octanol–water partition coefficient (Wildman–Crippen LogP) is 3.66. The van der Waals surface area contributed by atoms with E-state index in [0.717, 1.165) is 44.5 Å². The summed E-state index contributed by atoms with van der Waals surface area (Å²) in [6.07, 6.45) is 3.09. The van der Waals surface area contributed by atoms with Gasteiger partial charge in [0.1, 0.15) is 5.82 Å². The molecule has 1 aromatic carbocycles. The number of hydrogen-bond acceptors (Lipinski definition) is 2. The highest BCUT2D eigenvalue weighted by Crippen LogP contribution is 2.24. The Kier molecular flexibility index (Phi) is 8.47. The van der Waals surface area contributed by atoms with Crippen molar-refractivity contribution in [2.75, 3.05) is 26.8 Å². The van der Waals surface area contributed by atoms with Gasteiger partial charge in [0, 0.05) is 13.7 Å². The highest BCUT2D eigenvalue weighted by molar-refractivity contribution is 5.18. The minimum absolute atomic E-state index is 0.0830. The summed E-state index contributed by atoms with van der Waals surface area (Å²) in [7, 11) is 1.71. The maximum atomic E-state index is 13.8. The number of ether oxygens (including phenoxy) is 1. The number of halogens is 1. The second-order valence-electron chi connectivity index (χ2n) is 5.33. The molecule has 0 aliphatic rings. The zero-order valence-electron chi connectivity index (χ0n) is 13.0. The third-order valence-corrected chi connectivity index (χ3v) is 4.04. The summed E-state index contributed by atoms with van der Waals surface area (Å²) in [6.45, 7) is 6.93. The Morgan fingerprint density at radius 3 is 2.45 bits per heavy atom. The van der Waals surface area contributed by atoms with Crippen molar-refractivity contribution < 1.29 is 9.13 Å². The molecule has 0 bridgehead atoms. The summed E-state index contributed by atoms with van der Waals surface area (Å²) >= 11 is 0. The molecule has 0 saturated carbocycles. The third-order valence-electron chi connectivity index (χ3n) is 4.04. The van der Waals surface area contributed by atoms with Crippen LogP contribution in [0.15, 0.2) is 24.3 Å². The molecule has 0 radical (unpaired) electrons. The van der Waals surface area contributed by atoms with E-state index in [1.807, 2.05) is 12.1 Å². The van der Waals surface area contributed by atoms with Crippen LogP contribution in [0.25, 0.3) is 0 Å². The van der Waals surface area contributed by atoms with E-state index in [9.17, 15) is 4.39 Å². The van der Waals surface area contributed by atoms with Gasteiger partial charge < -0.3 is 10.1 Å². The Hall–Kier alpha value is -0.930. The van der Waals surface area contributed by atoms with E-state index >= 15 is 0 Å². The van der Waals surface area contributed by atoms with Crippen molar-refractivity contribution >= 4 is 0 Å². The number of benzene rings is 1. The average Bonchev–Trinajstić information content (AvgIpc) is 2.46. The second kappa shape index (κ2) is 9.89. The minimum atomic E-state index is -0.0830. The molecule has 1 atom stereocenters. The lowest BCUT2D eigenvalue weighted by atomic mass is 9.83. The standard InChI is InChI=1S/C17H28FNO/c1-4-14(5-2)16(13-19-10-11-20-3)12-15-8-6-7-9-17(15)18/h6-9,14,16,19H,4-5,10-13H2,1-3H3. The van der Waals surface area contributed by atoms with Gasteiger partial charge in [-0.2, -0.15) is 0 Å². The molecule has 3 heteroatoms. The first-order chi connectivity index (χ1) is 9.72. The molecular weight excluding hydrogens is 253 g/mol. The van der Waals surface area contributed by atoms with E-state index in [4.69, 9.17) is 4.74 Å². The average molecular weight is 281 g/mol. The van der Waals surface area contributed by atoms with Crippen LogP contribution in [0.4, 0.5) is 4.39 Å². The largest absolute Gasteiger partial charge is 0.383 e. The zero-order chi connectivity index (χ0) is 14.8. The van der Waals surface area contributed by atoms with Crippen LogP contribution < -0.4 is 5.32 Å². The fourth-order valence-corrected chi connectivity index (χ4v) is 2.77. The number of hydrogen-bond donors (Lipinski definition) is 1.